The Hall–Kier alpha value is -3.20. The molecule has 5 aromatic carbocycles. The summed E-state index contributed by atoms with van der Waals surface area (Å²) in [6.45, 7) is 4.13. The molecule has 1 nitrogen and oxygen atoms in total. The van der Waals surface area contributed by atoms with Gasteiger partial charge in [0, 0.05) is 10.0 Å². The van der Waals surface area contributed by atoms with Crippen molar-refractivity contribution in [3.63, 3.8) is 0 Å². The second-order valence-corrected chi connectivity index (χ2v) is 9.57. The quantitative estimate of drug-likeness (QED) is 0.250. The maximum absolute atomic E-state index is 12.6. The smallest absolute Gasteiger partial charge is 0.141 e. The molecule has 0 unspecified atom stereocenters. The Labute approximate surface area is 203 Å². The van der Waals surface area contributed by atoms with Crippen LogP contribution in [0.2, 0.25) is 0 Å². The number of rotatable bonds is 4. The summed E-state index contributed by atoms with van der Waals surface area (Å²) in [5.41, 5.74) is 5.65. The second-order valence-electron chi connectivity index (χ2n) is 8.66. The van der Waals surface area contributed by atoms with Gasteiger partial charge >= 0.3 is 0 Å². The Balaban J connectivity index is 1.85. The Bertz CT molecular complexity index is 1380. The van der Waals surface area contributed by atoms with Crippen molar-refractivity contribution in [3.8, 4) is 11.1 Å². The standard InChI is InChI=1S/C31H25BrO/c1-21-10-14-24(15-11-21)31(33,25-16-12-22(2)13-17-25)30-20-26(32)18-19-29(30)28-9-5-7-23-6-3-4-8-27(23)28/h3-20,33H,1-2H3. The van der Waals surface area contributed by atoms with Gasteiger partial charge in [-0.15, -0.1) is 0 Å². The van der Waals surface area contributed by atoms with Gasteiger partial charge in [-0.2, -0.15) is 0 Å². The molecule has 1 N–H and O–H groups in total. The zero-order valence-electron chi connectivity index (χ0n) is 18.7. The van der Waals surface area contributed by atoms with Crippen LogP contribution in [-0.4, -0.2) is 5.11 Å². The van der Waals surface area contributed by atoms with Crippen LogP contribution in [0.3, 0.4) is 0 Å². The molecule has 0 atom stereocenters. The third-order valence-electron chi connectivity index (χ3n) is 6.39. The Morgan fingerprint density at radius 2 is 1.18 bits per heavy atom. The van der Waals surface area contributed by atoms with E-state index in [1.165, 1.54) is 10.8 Å². The fraction of sp³-hybridized carbons (Fsp3) is 0.0968. The molecule has 0 aromatic heterocycles. The molecule has 5 aromatic rings. The molecule has 0 aliphatic rings. The first kappa shape index (κ1) is 21.6. The van der Waals surface area contributed by atoms with Gasteiger partial charge in [-0.25, -0.2) is 0 Å². The van der Waals surface area contributed by atoms with Gasteiger partial charge in [0.2, 0.25) is 0 Å². The summed E-state index contributed by atoms with van der Waals surface area (Å²) in [7, 11) is 0. The predicted octanol–water partition coefficient (Wildman–Crippen LogP) is 8.17. The van der Waals surface area contributed by atoms with E-state index in [0.717, 1.165) is 43.4 Å². The molecule has 2 heteroatoms. The summed E-state index contributed by atoms with van der Waals surface area (Å²) in [5.74, 6) is 0. The van der Waals surface area contributed by atoms with Crippen LogP contribution in [0.4, 0.5) is 0 Å². The minimum absolute atomic E-state index is 0.844. The molecule has 0 radical (unpaired) electrons. The van der Waals surface area contributed by atoms with Crippen molar-refractivity contribution >= 4 is 26.7 Å². The van der Waals surface area contributed by atoms with Crippen LogP contribution in [0, 0.1) is 13.8 Å². The fourth-order valence-corrected chi connectivity index (χ4v) is 4.94. The van der Waals surface area contributed by atoms with E-state index in [2.05, 4.69) is 109 Å². The van der Waals surface area contributed by atoms with Crippen molar-refractivity contribution in [2.24, 2.45) is 0 Å². The van der Waals surface area contributed by atoms with E-state index in [0.29, 0.717) is 0 Å². The highest BCUT2D eigenvalue weighted by Gasteiger charge is 2.36. The zero-order chi connectivity index (χ0) is 23.0. The summed E-state index contributed by atoms with van der Waals surface area (Å²) < 4.78 is 0.930. The van der Waals surface area contributed by atoms with E-state index in [-0.39, 0.29) is 0 Å². The minimum Gasteiger partial charge on any atom is -0.376 e. The predicted molar refractivity (Wildman–Crippen MR) is 142 cm³/mol. The molecule has 0 heterocycles. The highest BCUT2D eigenvalue weighted by Crippen LogP contribution is 2.44. The molecule has 0 saturated carbocycles. The van der Waals surface area contributed by atoms with Gasteiger partial charge in [0.1, 0.15) is 5.60 Å². The topological polar surface area (TPSA) is 20.2 Å². The molecule has 0 fully saturated rings. The lowest BCUT2D eigenvalue weighted by atomic mass is 9.76. The number of fused-ring (bicyclic) bond motifs is 1. The SMILES string of the molecule is Cc1ccc(C(O)(c2ccc(C)cc2)c2cc(Br)ccc2-c2cccc3ccccc23)cc1. The van der Waals surface area contributed by atoms with E-state index in [1.54, 1.807) is 0 Å². The van der Waals surface area contributed by atoms with Gasteiger partial charge in [0.25, 0.3) is 0 Å². The fourth-order valence-electron chi connectivity index (χ4n) is 4.58. The maximum Gasteiger partial charge on any atom is 0.141 e. The van der Waals surface area contributed by atoms with Gasteiger partial charge in [-0.1, -0.05) is 124 Å². The average molecular weight is 493 g/mol. The summed E-state index contributed by atoms with van der Waals surface area (Å²) >= 11 is 3.67. The first-order valence-corrected chi connectivity index (χ1v) is 11.9. The molecular formula is C31H25BrO. The summed E-state index contributed by atoms with van der Waals surface area (Å²) in [6.07, 6.45) is 0. The minimum atomic E-state index is -1.32. The normalized spacial score (nSPS) is 11.6. The van der Waals surface area contributed by atoms with E-state index >= 15 is 0 Å². The third-order valence-corrected chi connectivity index (χ3v) is 6.88. The summed E-state index contributed by atoms with van der Waals surface area (Å²) in [4.78, 5) is 0. The molecule has 0 aliphatic heterocycles. The number of hydrogen-bond acceptors (Lipinski definition) is 1. The monoisotopic (exact) mass is 492 g/mol. The average Bonchev–Trinajstić information content (AvgIpc) is 2.84. The van der Waals surface area contributed by atoms with Crippen molar-refractivity contribution in [2.75, 3.05) is 0 Å². The van der Waals surface area contributed by atoms with Gasteiger partial charge < -0.3 is 5.11 Å². The summed E-state index contributed by atoms with van der Waals surface area (Å²) in [5, 5.41) is 15.0. The molecule has 0 saturated heterocycles. The molecule has 0 aliphatic carbocycles. The molecule has 0 bridgehead atoms. The Morgan fingerprint density at radius 1 is 0.606 bits per heavy atom. The number of aryl methyl sites for hydroxylation is 2. The lowest BCUT2D eigenvalue weighted by molar-refractivity contribution is 0.126. The maximum atomic E-state index is 12.6. The number of benzene rings is 5. The lowest BCUT2D eigenvalue weighted by Gasteiger charge is -2.33. The van der Waals surface area contributed by atoms with Crippen LogP contribution in [0.5, 0.6) is 0 Å². The lowest BCUT2D eigenvalue weighted by Crippen LogP contribution is -2.29. The molecule has 33 heavy (non-hydrogen) atoms. The van der Waals surface area contributed by atoms with Crippen LogP contribution >= 0.6 is 15.9 Å². The second kappa shape index (κ2) is 8.62. The molecule has 162 valence electrons. The molecule has 0 amide bonds. The van der Waals surface area contributed by atoms with Crippen molar-refractivity contribution in [1.29, 1.82) is 0 Å². The van der Waals surface area contributed by atoms with E-state index in [1.807, 2.05) is 30.3 Å². The van der Waals surface area contributed by atoms with Crippen LogP contribution < -0.4 is 0 Å². The first-order valence-electron chi connectivity index (χ1n) is 11.1. The van der Waals surface area contributed by atoms with Crippen molar-refractivity contribution < 1.29 is 5.11 Å². The third kappa shape index (κ3) is 3.90. The summed E-state index contributed by atoms with van der Waals surface area (Å²) in [6, 6.07) is 37.3. The first-order chi connectivity index (χ1) is 16.0. The van der Waals surface area contributed by atoms with Gasteiger partial charge in [0.15, 0.2) is 0 Å². The van der Waals surface area contributed by atoms with Crippen LogP contribution in [0.25, 0.3) is 21.9 Å². The Kier molecular flexibility index (Phi) is 5.65. The van der Waals surface area contributed by atoms with Gasteiger partial charge in [0.05, 0.1) is 0 Å². The Morgan fingerprint density at radius 3 is 1.82 bits per heavy atom. The van der Waals surface area contributed by atoms with Crippen LogP contribution in [0.15, 0.2) is 114 Å². The van der Waals surface area contributed by atoms with Crippen molar-refractivity contribution in [2.45, 2.75) is 19.4 Å². The largest absolute Gasteiger partial charge is 0.376 e. The van der Waals surface area contributed by atoms with E-state index in [9.17, 15) is 5.11 Å². The van der Waals surface area contributed by atoms with Crippen LogP contribution in [-0.2, 0) is 5.60 Å². The molecule has 5 rings (SSSR count). The highest BCUT2D eigenvalue weighted by atomic mass is 79.9. The van der Waals surface area contributed by atoms with Gasteiger partial charge in [-0.3, -0.25) is 0 Å². The number of aliphatic hydroxyl groups is 1. The van der Waals surface area contributed by atoms with E-state index in [4.69, 9.17) is 0 Å². The highest BCUT2D eigenvalue weighted by molar-refractivity contribution is 9.10. The zero-order valence-corrected chi connectivity index (χ0v) is 20.3. The van der Waals surface area contributed by atoms with E-state index < -0.39 is 5.60 Å². The van der Waals surface area contributed by atoms with Crippen molar-refractivity contribution in [1.82, 2.24) is 0 Å². The molecular weight excluding hydrogens is 468 g/mol. The van der Waals surface area contributed by atoms with Gasteiger partial charge in [-0.05, 0) is 59.0 Å². The molecule has 0 spiro atoms. The number of halogens is 1. The van der Waals surface area contributed by atoms with Crippen LogP contribution in [0.1, 0.15) is 27.8 Å². The number of hydrogen-bond donors (Lipinski definition) is 1. The van der Waals surface area contributed by atoms with Crippen molar-refractivity contribution in [3.05, 3.63) is 141 Å².